The van der Waals surface area contributed by atoms with Crippen LogP contribution in [0.5, 0.6) is 5.75 Å². The molecule has 0 radical (unpaired) electrons. The molecule has 0 amide bonds. The summed E-state index contributed by atoms with van der Waals surface area (Å²) in [4.78, 5) is 13.2. The Bertz CT molecular complexity index is 1370. The number of oxazole rings is 1. The van der Waals surface area contributed by atoms with E-state index in [1.54, 1.807) is 17.5 Å². The Balaban J connectivity index is 1.09. The van der Waals surface area contributed by atoms with Crippen molar-refractivity contribution < 1.29 is 27.4 Å². The van der Waals surface area contributed by atoms with Crippen LogP contribution < -0.4 is 4.74 Å². The van der Waals surface area contributed by atoms with Gasteiger partial charge in [-0.1, -0.05) is 0 Å². The third-order valence-corrected chi connectivity index (χ3v) is 7.55. The van der Waals surface area contributed by atoms with Crippen LogP contribution in [0.2, 0.25) is 0 Å². The van der Waals surface area contributed by atoms with E-state index >= 15 is 0 Å². The Labute approximate surface area is 222 Å². The predicted octanol–water partition coefficient (Wildman–Crippen LogP) is 5.22. The van der Waals surface area contributed by atoms with Crippen LogP contribution in [0, 0.1) is 6.92 Å². The lowest BCUT2D eigenvalue weighted by molar-refractivity contribution is -0.137. The fourth-order valence-electron chi connectivity index (χ4n) is 4.65. The van der Waals surface area contributed by atoms with Gasteiger partial charge in [0.25, 0.3) is 0 Å². The number of rotatable bonds is 8. The van der Waals surface area contributed by atoms with Crippen molar-refractivity contribution in [1.29, 1.82) is 0 Å². The Kier molecular flexibility index (Phi) is 7.71. The molecule has 3 heterocycles. The van der Waals surface area contributed by atoms with Crippen molar-refractivity contribution in [3.05, 3.63) is 65.0 Å². The van der Waals surface area contributed by atoms with E-state index in [2.05, 4.69) is 26.7 Å². The number of hydrogen-bond donors (Lipinski definition) is 1. The summed E-state index contributed by atoms with van der Waals surface area (Å²) in [7, 11) is 0. The van der Waals surface area contributed by atoms with Gasteiger partial charge in [0.15, 0.2) is 0 Å². The molecule has 1 aliphatic heterocycles. The zero-order valence-corrected chi connectivity index (χ0v) is 21.9. The number of ether oxygens (including phenoxy) is 1. The minimum absolute atomic E-state index is 0.201. The van der Waals surface area contributed by atoms with Crippen molar-refractivity contribution in [3.8, 4) is 17.2 Å². The topological polar surface area (TPSA) is 74.9 Å². The molecule has 4 aromatic rings. The second-order valence-corrected chi connectivity index (χ2v) is 10.8. The van der Waals surface area contributed by atoms with Gasteiger partial charge in [0.05, 0.1) is 33.5 Å². The number of benzene rings is 2. The van der Waals surface area contributed by atoms with Crippen molar-refractivity contribution in [2.45, 2.75) is 38.7 Å². The molecule has 0 unspecified atom stereocenters. The molecule has 2 atom stereocenters. The fourth-order valence-corrected chi connectivity index (χ4v) is 5.46. The molecule has 202 valence electrons. The Morgan fingerprint density at radius 1 is 1.18 bits per heavy atom. The van der Waals surface area contributed by atoms with Crippen LogP contribution in [-0.4, -0.2) is 69.8 Å². The maximum absolute atomic E-state index is 12.8. The minimum atomic E-state index is -4.38. The lowest BCUT2D eigenvalue weighted by atomic mass is 10.1. The van der Waals surface area contributed by atoms with Crippen LogP contribution in [0.1, 0.15) is 23.3 Å². The number of aliphatic hydroxyl groups excluding tert-OH is 1. The molecule has 0 saturated carbocycles. The van der Waals surface area contributed by atoms with E-state index in [0.717, 1.165) is 47.0 Å². The number of aliphatic hydroxyl groups is 1. The molecular weight excluding hydrogens is 517 g/mol. The average Bonchev–Trinajstić information content (AvgIpc) is 3.49. The molecule has 2 aromatic carbocycles. The number of alkyl halides is 3. The summed E-state index contributed by atoms with van der Waals surface area (Å²) in [5.41, 5.74) is 0.700. The summed E-state index contributed by atoms with van der Waals surface area (Å²) < 4.78 is 51.2. The number of thiazole rings is 1. The first-order valence-corrected chi connectivity index (χ1v) is 13.2. The summed E-state index contributed by atoms with van der Waals surface area (Å²) in [6.45, 7) is 7.70. The van der Waals surface area contributed by atoms with Gasteiger partial charge < -0.3 is 14.3 Å². The lowest BCUT2D eigenvalue weighted by Gasteiger charge is -2.40. The zero-order valence-electron chi connectivity index (χ0n) is 21.1. The van der Waals surface area contributed by atoms with Gasteiger partial charge in [-0.2, -0.15) is 13.2 Å². The van der Waals surface area contributed by atoms with Crippen molar-refractivity contribution in [1.82, 2.24) is 19.8 Å². The van der Waals surface area contributed by atoms with Crippen molar-refractivity contribution in [2.24, 2.45) is 0 Å². The maximum atomic E-state index is 12.8. The van der Waals surface area contributed by atoms with Gasteiger partial charge in [0.2, 0.25) is 5.89 Å². The Hall–Kier alpha value is -2.99. The first-order chi connectivity index (χ1) is 18.1. The van der Waals surface area contributed by atoms with Crippen LogP contribution in [0.15, 0.2) is 53.1 Å². The Morgan fingerprint density at radius 3 is 2.71 bits per heavy atom. The van der Waals surface area contributed by atoms with Crippen LogP contribution in [0.4, 0.5) is 13.2 Å². The molecule has 11 heteroatoms. The highest BCUT2D eigenvalue weighted by Crippen LogP contribution is 2.31. The molecule has 1 N–H and O–H groups in total. The number of halogens is 3. The molecule has 7 nitrogen and oxygen atoms in total. The molecule has 0 bridgehead atoms. The van der Waals surface area contributed by atoms with Gasteiger partial charge in [-0.25, -0.2) is 9.97 Å². The van der Waals surface area contributed by atoms with Crippen LogP contribution in [0.25, 0.3) is 21.7 Å². The summed E-state index contributed by atoms with van der Waals surface area (Å²) in [6, 6.07) is 10.8. The van der Waals surface area contributed by atoms with Crippen LogP contribution in [-0.2, 0) is 12.7 Å². The summed E-state index contributed by atoms with van der Waals surface area (Å²) in [6.07, 6.45) is -3.38. The van der Waals surface area contributed by atoms with Gasteiger partial charge in [-0.3, -0.25) is 9.80 Å². The normalized spacial score (nSPS) is 18.2. The lowest BCUT2D eigenvalue weighted by Crippen LogP contribution is -2.53. The van der Waals surface area contributed by atoms with Gasteiger partial charge in [0.1, 0.15) is 24.2 Å². The predicted molar refractivity (Wildman–Crippen MR) is 139 cm³/mol. The number of nitrogens with zero attached hydrogens (tertiary/aromatic N) is 4. The van der Waals surface area contributed by atoms with Crippen molar-refractivity contribution in [2.75, 3.05) is 32.8 Å². The van der Waals surface area contributed by atoms with Gasteiger partial charge in [-0.05, 0) is 50.2 Å². The third-order valence-electron chi connectivity index (χ3n) is 6.60. The number of aryl methyl sites for hydroxylation is 1. The average molecular weight is 547 g/mol. The molecule has 0 spiro atoms. The summed E-state index contributed by atoms with van der Waals surface area (Å²) >= 11 is 1.64. The maximum Gasteiger partial charge on any atom is 0.416 e. The molecule has 1 saturated heterocycles. The largest absolute Gasteiger partial charge is 0.491 e. The third kappa shape index (κ3) is 6.35. The standard InChI is InChI=1S/C27H29F3N4O3S/c1-17-13-33(15-23-12-31-26(37-23)19-3-5-20(6-4-19)27(28,29)30)9-10-34(17)14-21(35)16-36-22-7-8-25-24(11-22)32-18(2)38-25/h3-8,11-12,17,21,35H,9-10,13-16H2,1-2H3/t17-,21+/m0/s1. The number of fused-ring (bicyclic) bond motifs is 1. The highest BCUT2D eigenvalue weighted by molar-refractivity contribution is 7.18. The van der Waals surface area contributed by atoms with E-state index in [1.165, 1.54) is 12.1 Å². The molecule has 5 rings (SSSR count). The van der Waals surface area contributed by atoms with E-state index < -0.39 is 17.8 Å². The number of aromatic nitrogens is 2. The van der Waals surface area contributed by atoms with E-state index in [9.17, 15) is 18.3 Å². The van der Waals surface area contributed by atoms with E-state index in [-0.39, 0.29) is 12.6 Å². The van der Waals surface area contributed by atoms with E-state index in [0.29, 0.717) is 36.1 Å². The first-order valence-electron chi connectivity index (χ1n) is 12.4. The van der Waals surface area contributed by atoms with E-state index in [4.69, 9.17) is 9.15 Å². The smallest absolute Gasteiger partial charge is 0.416 e. The van der Waals surface area contributed by atoms with Gasteiger partial charge >= 0.3 is 6.18 Å². The first kappa shape index (κ1) is 26.6. The molecule has 1 aliphatic rings. The Morgan fingerprint density at radius 2 is 1.97 bits per heavy atom. The number of β-amino-alcohol motifs (C(OH)–C–C–N with tert-alkyl or cyclic N) is 1. The van der Waals surface area contributed by atoms with Crippen molar-refractivity contribution in [3.63, 3.8) is 0 Å². The monoisotopic (exact) mass is 546 g/mol. The number of hydrogen-bond acceptors (Lipinski definition) is 8. The molecular formula is C27H29F3N4O3S. The molecule has 0 aliphatic carbocycles. The minimum Gasteiger partial charge on any atom is -0.491 e. The molecule has 38 heavy (non-hydrogen) atoms. The SMILES string of the molecule is Cc1nc2cc(OC[C@H](O)CN3CCN(Cc4cnc(-c5ccc(C(F)(F)F)cc5)o4)C[C@@H]3C)ccc2s1. The van der Waals surface area contributed by atoms with Crippen LogP contribution >= 0.6 is 11.3 Å². The van der Waals surface area contributed by atoms with Gasteiger partial charge in [-0.15, -0.1) is 11.3 Å². The summed E-state index contributed by atoms with van der Waals surface area (Å²) in [5, 5.41) is 11.6. The number of piperazine rings is 1. The highest BCUT2D eigenvalue weighted by Gasteiger charge is 2.30. The zero-order chi connectivity index (χ0) is 26.9. The second kappa shape index (κ2) is 11.0. The fraction of sp³-hybridized carbons (Fsp3) is 0.407. The highest BCUT2D eigenvalue weighted by atomic mass is 32.1. The van der Waals surface area contributed by atoms with Crippen molar-refractivity contribution >= 4 is 21.6 Å². The second-order valence-electron chi connectivity index (χ2n) is 9.61. The molecule has 2 aromatic heterocycles. The molecule has 1 fully saturated rings. The quantitative estimate of drug-likeness (QED) is 0.325. The summed E-state index contributed by atoms with van der Waals surface area (Å²) in [5.74, 6) is 1.65. The van der Waals surface area contributed by atoms with Crippen LogP contribution in [0.3, 0.4) is 0 Å². The van der Waals surface area contributed by atoms with Gasteiger partial charge in [0, 0.05) is 43.9 Å². The van der Waals surface area contributed by atoms with E-state index in [1.807, 2.05) is 25.1 Å².